The quantitative estimate of drug-likeness (QED) is 0.812. The predicted octanol–water partition coefficient (Wildman–Crippen LogP) is 1.53. The van der Waals surface area contributed by atoms with E-state index in [0.717, 1.165) is 18.8 Å². The highest BCUT2D eigenvalue weighted by Crippen LogP contribution is 2.32. The molecule has 0 unspecified atom stereocenters. The second kappa shape index (κ2) is 4.22. The number of benzene rings is 1. The van der Waals surface area contributed by atoms with E-state index in [1.54, 1.807) is 18.2 Å². The molecular formula is C12H17NO3. The molecule has 1 saturated heterocycles. The molecule has 0 saturated carbocycles. The fourth-order valence-electron chi connectivity index (χ4n) is 1.66. The lowest BCUT2D eigenvalue weighted by Gasteiger charge is -2.39. The summed E-state index contributed by atoms with van der Waals surface area (Å²) in [5.74, 6) is 1.34. The molecule has 0 aliphatic carbocycles. The topological polar surface area (TPSA) is 50.7 Å². The van der Waals surface area contributed by atoms with Gasteiger partial charge in [-0.15, -0.1) is 0 Å². The summed E-state index contributed by atoms with van der Waals surface area (Å²) in [4.78, 5) is 0. The maximum absolute atomic E-state index is 9.54. The first-order valence-electron chi connectivity index (χ1n) is 5.48. The van der Waals surface area contributed by atoms with E-state index in [-0.39, 0.29) is 11.4 Å². The van der Waals surface area contributed by atoms with Crippen molar-refractivity contribution in [2.75, 3.05) is 19.7 Å². The standard InChI is InChI=1S/C12H17NO3/c1-3-15-11-6-9(4-5-10(11)14)16-12(2)7-13-8-12/h4-6,13-14H,3,7-8H2,1-2H3. The molecule has 0 spiro atoms. The molecule has 1 aliphatic rings. The predicted molar refractivity (Wildman–Crippen MR) is 61.2 cm³/mol. The van der Waals surface area contributed by atoms with Crippen LogP contribution in [0.5, 0.6) is 17.2 Å². The van der Waals surface area contributed by atoms with Crippen molar-refractivity contribution in [2.45, 2.75) is 19.4 Å². The Morgan fingerprint density at radius 2 is 2.19 bits per heavy atom. The largest absolute Gasteiger partial charge is 0.504 e. The van der Waals surface area contributed by atoms with Crippen LogP contribution in [0.3, 0.4) is 0 Å². The van der Waals surface area contributed by atoms with Crippen molar-refractivity contribution >= 4 is 0 Å². The van der Waals surface area contributed by atoms with Gasteiger partial charge in [0, 0.05) is 19.2 Å². The highest BCUT2D eigenvalue weighted by molar-refractivity contribution is 5.44. The summed E-state index contributed by atoms with van der Waals surface area (Å²) in [6, 6.07) is 5.07. The van der Waals surface area contributed by atoms with Crippen LogP contribution in [0.25, 0.3) is 0 Å². The fourth-order valence-corrected chi connectivity index (χ4v) is 1.66. The van der Waals surface area contributed by atoms with Crippen LogP contribution in [0.1, 0.15) is 13.8 Å². The number of hydrogen-bond donors (Lipinski definition) is 2. The first-order valence-corrected chi connectivity index (χ1v) is 5.48. The molecule has 0 atom stereocenters. The molecule has 1 aromatic carbocycles. The Hall–Kier alpha value is -1.42. The third-order valence-corrected chi connectivity index (χ3v) is 2.59. The second-order valence-corrected chi connectivity index (χ2v) is 4.22. The number of ether oxygens (including phenoxy) is 2. The van der Waals surface area contributed by atoms with Crippen molar-refractivity contribution in [3.8, 4) is 17.2 Å². The van der Waals surface area contributed by atoms with E-state index < -0.39 is 0 Å². The summed E-state index contributed by atoms with van der Waals surface area (Å²) in [5.41, 5.74) is -0.138. The van der Waals surface area contributed by atoms with Gasteiger partial charge in [0.1, 0.15) is 11.4 Å². The van der Waals surface area contributed by atoms with E-state index >= 15 is 0 Å². The van der Waals surface area contributed by atoms with Gasteiger partial charge in [-0.1, -0.05) is 0 Å². The Labute approximate surface area is 95.2 Å². The maximum Gasteiger partial charge on any atom is 0.164 e. The minimum atomic E-state index is -0.138. The minimum absolute atomic E-state index is 0.138. The molecule has 1 aliphatic heterocycles. The van der Waals surface area contributed by atoms with Gasteiger partial charge in [0.15, 0.2) is 11.5 Å². The van der Waals surface area contributed by atoms with Crippen LogP contribution in [0, 0.1) is 0 Å². The number of phenolic OH excluding ortho intramolecular Hbond substituents is 1. The van der Waals surface area contributed by atoms with Crippen LogP contribution in [-0.4, -0.2) is 30.4 Å². The molecule has 2 rings (SSSR count). The Morgan fingerprint density at radius 3 is 2.75 bits per heavy atom. The normalized spacial score (nSPS) is 17.6. The highest BCUT2D eigenvalue weighted by Gasteiger charge is 2.33. The first kappa shape index (κ1) is 11.1. The van der Waals surface area contributed by atoms with Crippen LogP contribution in [-0.2, 0) is 0 Å². The van der Waals surface area contributed by atoms with E-state index in [0.29, 0.717) is 12.4 Å². The molecule has 4 nitrogen and oxygen atoms in total. The van der Waals surface area contributed by atoms with Crippen molar-refractivity contribution in [3.63, 3.8) is 0 Å². The second-order valence-electron chi connectivity index (χ2n) is 4.22. The average Bonchev–Trinajstić information content (AvgIpc) is 2.21. The number of nitrogens with one attached hydrogen (secondary N) is 1. The third kappa shape index (κ3) is 2.22. The molecule has 4 heteroatoms. The smallest absolute Gasteiger partial charge is 0.164 e. The Morgan fingerprint density at radius 1 is 1.44 bits per heavy atom. The maximum atomic E-state index is 9.54. The number of phenols is 1. The lowest BCUT2D eigenvalue weighted by atomic mass is 10.00. The van der Waals surface area contributed by atoms with Crippen LogP contribution >= 0.6 is 0 Å². The SMILES string of the molecule is CCOc1cc(OC2(C)CNC2)ccc1O. The van der Waals surface area contributed by atoms with Gasteiger partial charge in [-0.05, 0) is 26.0 Å². The Bertz CT molecular complexity index is 375. The number of aromatic hydroxyl groups is 1. The summed E-state index contributed by atoms with van der Waals surface area (Å²) in [5, 5.41) is 12.7. The monoisotopic (exact) mass is 223 g/mol. The van der Waals surface area contributed by atoms with Crippen LogP contribution in [0.4, 0.5) is 0 Å². The molecule has 0 bridgehead atoms. The van der Waals surface area contributed by atoms with E-state index in [2.05, 4.69) is 12.2 Å². The van der Waals surface area contributed by atoms with Crippen LogP contribution in [0.2, 0.25) is 0 Å². The van der Waals surface area contributed by atoms with Crippen molar-refractivity contribution in [1.29, 1.82) is 0 Å². The van der Waals surface area contributed by atoms with E-state index in [1.165, 1.54) is 0 Å². The van der Waals surface area contributed by atoms with Gasteiger partial charge in [0.2, 0.25) is 0 Å². The molecule has 88 valence electrons. The lowest BCUT2D eigenvalue weighted by Crippen LogP contribution is -2.60. The van der Waals surface area contributed by atoms with Gasteiger partial charge in [-0.25, -0.2) is 0 Å². The van der Waals surface area contributed by atoms with E-state index in [1.807, 2.05) is 6.92 Å². The van der Waals surface area contributed by atoms with Gasteiger partial charge in [-0.2, -0.15) is 0 Å². The van der Waals surface area contributed by atoms with Gasteiger partial charge in [0.05, 0.1) is 6.61 Å². The summed E-state index contributed by atoms with van der Waals surface area (Å²) in [7, 11) is 0. The molecule has 16 heavy (non-hydrogen) atoms. The molecule has 0 aromatic heterocycles. The van der Waals surface area contributed by atoms with Crippen molar-refractivity contribution in [3.05, 3.63) is 18.2 Å². The van der Waals surface area contributed by atoms with Crippen LogP contribution in [0.15, 0.2) is 18.2 Å². The fraction of sp³-hybridized carbons (Fsp3) is 0.500. The molecule has 1 heterocycles. The molecule has 0 radical (unpaired) electrons. The molecule has 1 aromatic rings. The zero-order valence-corrected chi connectivity index (χ0v) is 9.62. The van der Waals surface area contributed by atoms with Crippen molar-refractivity contribution < 1.29 is 14.6 Å². The number of hydrogen-bond acceptors (Lipinski definition) is 4. The van der Waals surface area contributed by atoms with E-state index in [4.69, 9.17) is 9.47 Å². The first-order chi connectivity index (χ1) is 7.63. The number of rotatable bonds is 4. The van der Waals surface area contributed by atoms with Crippen LogP contribution < -0.4 is 14.8 Å². The summed E-state index contributed by atoms with van der Waals surface area (Å²) in [6.45, 7) is 6.15. The summed E-state index contributed by atoms with van der Waals surface area (Å²) < 4.78 is 11.1. The molecule has 2 N–H and O–H groups in total. The van der Waals surface area contributed by atoms with E-state index in [9.17, 15) is 5.11 Å². The third-order valence-electron chi connectivity index (χ3n) is 2.59. The van der Waals surface area contributed by atoms with Gasteiger partial charge in [-0.3, -0.25) is 0 Å². The van der Waals surface area contributed by atoms with Crippen molar-refractivity contribution in [2.24, 2.45) is 0 Å². The van der Waals surface area contributed by atoms with Gasteiger partial charge >= 0.3 is 0 Å². The Kier molecular flexibility index (Phi) is 2.92. The average molecular weight is 223 g/mol. The lowest BCUT2D eigenvalue weighted by molar-refractivity contribution is 0.0346. The molecule has 0 amide bonds. The Balaban J connectivity index is 2.12. The van der Waals surface area contributed by atoms with Gasteiger partial charge in [0.25, 0.3) is 0 Å². The molecule has 1 fully saturated rings. The zero-order valence-electron chi connectivity index (χ0n) is 9.62. The highest BCUT2D eigenvalue weighted by atomic mass is 16.5. The summed E-state index contributed by atoms with van der Waals surface area (Å²) >= 11 is 0. The van der Waals surface area contributed by atoms with Crippen molar-refractivity contribution in [1.82, 2.24) is 5.32 Å². The summed E-state index contributed by atoms with van der Waals surface area (Å²) in [6.07, 6.45) is 0. The minimum Gasteiger partial charge on any atom is -0.504 e. The molecular weight excluding hydrogens is 206 g/mol. The van der Waals surface area contributed by atoms with Gasteiger partial charge < -0.3 is 19.9 Å². The zero-order chi connectivity index (χ0) is 11.6.